The number of thiophene rings is 2. The Morgan fingerprint density at radius 2 is 1.50 bits per heavy atom. The van der Waals surface area contributed by atoms with Crippen molar-refractivity contribution in [2.24, 2.45) is 15.9 Å². The van der Waals surface area contributed by atoms with Crippen LogP contribution in [0.5, 0.6) is 0 Å². The third-order valence-electron chi connectivity index (χ3n) is 10.7. The third-order valence-corrected chi connectivity index (χ3v) is 12.5. The first-order valence-electron chi connectivity index (χ1n) is 19.1. The van der Waals surface area contributed by atoms with Gasteiger partial charge in [-0.15, -0.1) is 22.7 Å². The molecule has 5 aromatic rings. The van der Waals surface area contributed by atoms with Gasteiger partial charge in [0.2, 0.25) is 0 Å². The van der Waals surface area contributed by atoms with Crippen LogP contribution in [-0.2, 0) is 5.41 Å². The maximum Gasteiger partial charge on any atom is 0.174 e. The van der Waals surface area contributed by atoms with E-state index in [1.165, 1.54) is 16.0 Å². The lowest BCUT2D eigenvalue weighted by molar-refractivity contribution is 0.478. The average Bonchev–Trinajstić information content (AvgIpc) is 3.98. The molecule has 7 heteroatoms. The summed E-state index contributed by atoms with van der Waals surface area (Å²) in [6.45, 7) is 12.8. The molecule has 0 bridgehead atoms. The van der Waals surface area contributed by atoms with Crippen LogP contribution < -0.4 is 0 Å². The minimum Gasteiger partial charge on any atom is -0.256 e. The SMILES string of the molecule is C=C/C=C(\C=C/C)C1=NC(c2ccc(C(CC)(CC)c3ccc(-c4nc(C5=CCCC=C5)nc(-c5cccs5)n4)cc3)cc2)=NC(c2cccs2)C1CC. The Hall–Kier alpha value is -5.11. The van der Waals surface area contributed by atoms with Gasteiger partial charge >= 0.3 is 0 Å². The van der Waals surface area contributed by atoms with Gasteiger partial charge in [0.05, 0.1) is 16.6 Å². The van der Waals surface area contributed by atoms with Crippen LogP contribution >= 0.6 is 22.7 Å². The topological polar surface area (TPSA) is 63.4 Å². The van der Waals surface area contributed by atoms with Crippen LogP contribution in [0.3, 0.4) is 0 Å². The zero-order valence-corrected chi connectivity index (χ0v) is 33.2. The molecule has 4 heterocycles. The molecule has 0 radical (unpaired) electrons. The number of allylic oxidation sites excluding steroid dienone is 9. The highest BCUT2D eigenvalue weighted by atomic mass is 32.1. The quantitative estimate of drug-likeness (QED) is 0.113. The number of nitrogens with zero attached hydrogens (tertiary/aromatic N) is 5. The monoisotopic (exact) mass is 745 g/mol. The predicted molar refractivity (Wildman–Crippen MR) is 231 cm³/mol. The lowest BCUT2D eigenvalue weighted by Gasteiger charge is -2.34. The van der Waals surface area contributed by atoms with Gasteiger partial charge in [-0.1, -0.05) is 131 Å². The maximum atomic E-state index is 5.33. The van der Waals surface area contributed by atoms with E-state index in [1.54, 1.807) is 22.7 Å². The number of amidine groups is 1. The Morgan fingerprint density at radius 1 is 0.815 bits per heavy atom. The molecule has 7 rings (SSSR count). The van der Waals surface area contributed by atoms with Crippen molar-refractivity contribution in [1.29, 1.82) is 0 Å². The van der Waals surface area contributed by atoms with Gasteiger partial charge in [-0.2, -0.15) is 0 Å². The van der Waals surface area contributed by atoms with Crippen molar-refractivity contribution in [2.45, 2.75) is 71.3 Å². The van der Waals surface area contributed by atoms with E-state index in [1.807, 2.05) is 19.1 Å². The Balaban J connectivity index is 1.23. The van der Waals surface area contributed by atoms with Crippen LogP contribution in [0.2, 0.25) is 0 Å². The van der Waals surface area contributed by atoms with Crippen molar-refractivity contribution in [1.82, 2.24) is 15.0 Å². The van der Waals surface area contributed by atoms with Crippen molar-refractivity contribution in [3.05, 3.63) is 166 Å². The fraction of sp³-hybridized carbons (Fsp3) is 0.255. The number of benzene rings is 2. The van der Waals surface area contributed by atoms with Crippen molar-refractivity contribution in [3.8, 4) is 22.1 Å². The highest BCUT2D eigenvalue weighted by Crippen LogP contribution is 2.41. The number of hydrogen-bond donors (Lipinski definition) is 0. The molecular weight excluding hydrogens is 699 g/mol. The molecular formula is C47H47N5S2. The lowest BCUT2D eigenvalue weighted by Crippen LogP contribution is -2.28. The van der Waals surface area contributed by atoms with Crippen LogP contribution in [0.1, 0.15) is 93.2 Å². The summed E-state index contributed by atoms with van der Waals surface area (Å²) in [4.78, 5) is 27.7. The minimum atomic E-state index is -0.164. The molecule has 0 saturated carbocycles. The molecule has 2 aliphatic rings. The molecule has 2 unspecified atom stereocenters. The van der Waals surface area contributed by atoms with Gasteiger partial charge in [0.1, 0.15) is 0 Å². The highest BCUT2D eigenvalue weighted by Gasteiger charge is 2.34. The fourth-order valence-electron chi connectivity index (χ4n) is 7.72. The molecule has 2 aromatic carbocycles. The molecule has 0 amide bonds. The van der Waals surface area contributed by atoms with Gasteiger partial charge in [-0.05, 0) is 78.6 Å². The summed E-state index contributed by atoms with van der Waals surface area (Å²) < 4.78 is 0. The Kier molecular flexibility index (Phi) is 11.7. The zero-order valence-electron chi connectivity index (χ0n) is 31.6. The Labute approximate surface area is 328 Å². The van der Waals surface area contributed by atoms with Gasteiger partial charge < -0.3 is 0 Å². The summed E-state index contributed by atoms with van der Waals surface area (Å²) >= 11 is 3.41. The van der Waals surface area contributed by atoms with E-state index in [0.29, 0.717) is 11.6 Å². The molecule has 54 heavy (non-hydrogen) atoms. The van der Waals surface area contributed by atoms with Crippen LogP contribution in [0, 0.1) is 5.92 Å². The van der Waals surface area contributed by atoms with Gasteiger partial charge in [-0.3, -0.25) is 4.99 Å². The molecule has 0 spiro atoms. The maximum absolute atomic E-state index is 5.33. The third kappa shape index (κ3) is 7.48. The summed E-state index contributed by atoms with van der Waals surface area (Å²) in [5, 5.41) is 4.20. The second-order valence-electron chi connectivity index (χ2n) is 13.6. The van der Waals surface area contributed by atoms with Crippen LogP contribution in [0.15, 0.2) is 148 Å². The molecule has 0 saturated heterocycles. The molecule has 5 nitrogen and oxygen atoms in total. The smallest absolute Gasteiger partial charge is 0.174 e. The standard InChI is InChI=1S/C47H47N5S2/c1-6-16-32(17-7-2)41-38(8-3)42(39-20-14-30-53-39)49-43(48-41)34-22-26-36(27-23-34)47(9-4,10-5)37-28-24-35(25-29-37)45-50-44(33-18-12-11-13-19-33)51-46(52-45)40-21-15-31-54-40/h6-7,12,14-31,38,42H,1,8-11,13H2,2-5H3/b17-7-,32-16+. The Morgan fingerprint density at radius 3 is 2.09 bits per heavy atom. The van der Waals surface area contributed by atoms with E-state index in [9.17, 15) is 0 Å². The van der Waals surface area contributed by atoms with E-state index in [2.05, 4.69) is 141 Å². The summed E-state index contributed by atoms with van der Waals surface area (Å²) in [7, 11) is 0. The van der Waals surface area contributed by atoms with E-state index in [0.717, 1.165) is 76.6 Å². The number of aliphatic imine (C=N–C) groups is 2. The summed E-state index contributed by atoms with van der Waals surface area (Å²) in [5.74, 6) is 3.09. The van der Waals surface area contributed by atoms with E-state index < -0.39 is 0 Å². The molecule has 272 valence electrons. The van der Waals surface area contributed by atoms with Crippen molar-refractivity contribution >= 4 is 39.8 Å². The summed E-state index contributed by atoms with van der Waals surface area (Å²) in [6, 6.07) is 26.3. The molecule has 0 N–H and O–H groups in total. The normalized spacial score (nSPS) is 17.7. The first-order valence-corrected chi connectivity index (χ1v) is 20.8. The lowest BCUT2D eigenvalue weighted by atomic mass is 9.70. The molecule has 3 aromatic heterocycles. The first kappa shape index (κ1) is 37.2. The van der Waals surface area contributed by atoms with Gasteiger partial charge in [0.15, 0.2) is 23.3 Å². The van der Waals surface area contributed by atoms with E-state index >= 15 is 0 Å². The predicted octanol–water partition coefficient (Wildman–Crippen LogP) is 12.8. The Bertz CT molecular complexity index is 2250. The van der Waals surface area contributed by atoms with Gasteiger partial charge in [0.25, 0.3) is 0 Å². The van der Waals surface area contributed by atoms with Crippen LogP contribution in [0.4, 0.5) is 0 Å². The largest absolute Gasteiger partial charge is 0.256 e. The molecule has 1 aliphatic carbocycles. The number of rotatable bonds is 13. The number of hydrogen-bond acceptors (Lipinski definition) is 7. The van der Waals surface area contributed by atoms with Crippen molar-refractivity contribution in [2.75, 3.05) is 0 Å². The molecule has 0 fully saturated rings. The second-order valence-corrected chi connectivity index (χ2v) is 15.6. The van der Waals surface area contributed by atoms with Crippen LogP contribution in [0.25, 0.3) is 27.7 Å². The first-order chi connectivity index (χ1) is 26.5. The molecule has 2 atom stereocenters. The fourth-order valence-corrected chi connectivity index (χ4v) is 9.21. The summed E-state index contributed by atoms with van der Waals surface area (Å²) in [5.41, 5.74) is 7.61. The second kappa shape index (κ2) is 16.9. The highest BCUT2D eigenvalue weighted by molar-refractivity contribution is 7.13. The van der Waals surface area contributed by atoms with Gasteiger partial charge in [0, 0.05) is 32.9 Å². The molecule has 1 aliphatic heterocycles. The van der Waals surface area contributed by atoms with Crippen LogP contribution in [-0.4, -0.2) is 26.5 Å². The zero-order chi connectivity index (χ0) is 37.5. The van der Waals surface area contributed by atoms with Gasteiger partial charge in [-0.25, -0.2) is 19.9 Å². The average molecular weight is 746 g/mol. The van der Waals surface area contributed by atoms with Crippen molar-refractivity contribution < 1.29 is 0 Å². The van der Waals surface area contributed by atoms with E-state index in [4.69, 9.17) is 24.9 Å². The van der Waals surface area contributed by atoms with Crippen molar-refractivity contribution in [3.63, 3.8) is 0 Å². The summed E-state index contributed by atoms with van der Waals surface area (Å²) in [6.07, 6.45) is 19.6. The minimum absolute atomic E-state index is 0.0113. The number of aromatic nitrogens is 3. The van der Waals surface area contributed by atoms with E-state index in [-0.39, 0.29) is 17.4 Å².